The van der Waals surface area contributed by atoms with Crippen LogP contribution in [0.4, 0.5) is 0 Å². The number of rotatable bonds is 7. The van der Waals surface area contributed by atoms with Crippen molar-refractivity contribution in [1.29, 1.82) is 0 Å². The number of nitrogens with zero attached hydrogens (tertiary/aromatic N) is 1. The zero-order valence-corrected chi connectivity index (χ0v) is 16.8. The molecule has 2 aromatic carbocycles. The van der Waals surface area contributed by atoms with Gasteiger partial charge in [0.05, 0.1) is 18.7 Å². The van der Waals surface area contributed by atoms with Gasteiger partial charge in [0.2, 0.25) is 0 Å². The van der Waals surface area contributed by atoms with Gasteiger partial charge in [-0.2, -0.15) is 0 Å². The van der Waals surface area contributed by atoms with Gasteiger partial charge in [-0.3, -0.25) is 14.4 Å². The van der Waals surface area contributed by atoms with Crippen LogP contribution in [0.5, 0.6) is 5.75 Å². The van der Waals surface area contributed by atoms with Crippen LogP contribution in [0, 0.1) is 6.92 Å². The average Bonchev–Trinajstić information content (AvgIpc) is 2.98. The van der Waals surface area contributed by atoms with Gasteiger partial charge >= 0.3 is 5.97 Å². The van der Waals surface area contributed by atoms with E-state index in [4.69, 9.17) is 9.84 Å². The first-order valence-electron chi connectivity index (χ1n) is 9.54. The van der Waals surface area contributed by atoms with Crippen LogP contribution in [0.15, 0.2) is 54.1 Å². The van der Waals surface area contributed by atoms with Gasteiger partial charge in [0.1, 0.15) is 11.5 Å². The Kier molecular flexibility index (Phi) is 6.20. The van der Waals surface area contributed by atoms with Crippen LogP contribution < -0.4 is 4.74 Å². The fraction of sp³-hybridized carbons (Fsp3) is 0.261. The van der Waals surface area contributed by atoms with Gasteiger partial charge in [0, 0.05) is 18.5 Å². The third kappa shape index (κ3) is 4.20. The van der Waals surface area contributed by atoms with E-state index < -0.39 is 23.7 Å². The van der Waals surface area contributed by atoms with Crippen LogP contribution in [0.1, 0.15) is 35.6 Å². The van der Waals surface area contributed by atoms with Gasteiger partial charge in [-0.05, 0) is 31.0 Å². The minimum Gasteiger partial charge on any atom is -0.507 e. The highest BCUT2D eigenvalue weighted by atomic mass is 16.5. The molecule has 0 bridgehead atoms. The maximum absolute atomic E-state index is 12.9. The number of carbonyl (C=O) groups excluding carboxylic acids is 2. The van der Waals surface area contributed by atoms with Gasteiger partial charge < -0.3 is 19.8 Å². The molecule has 30 heavy (non-hydrogen) atoms. The van der Waals surface area contributed by atoms with E-state index in [1.54, 1.807) is 48.5 Å². The minimum absolute atomic E-state index is 0.00987. The van der Waals surface area contributed by atoms with E-state index in [9.17, 15) is 19.5 Å². The number of aliphatic carboxylic acids is 1. The smallest absolute Gasteiger partial charge is 0.303 e. The second kappa shape index (κ2) is 8.82. The number of ether oxygens (including phenoxy) is 1. The van der Waals surface area contributed by atoms with E-state index in [0.29, 0.717) is 16.9 Å². The number of carboxylic acids is 1. The molecule has 0 saturated carbocycles. The molecule has 1 saturated heterocycles. The van der Waals surface area contributed by atoms with Gasteiger partial charge in [-0.25, -0.2) is 0 Å². The summed E-state index contributed by atoms with van der Waals surface area (Å²) in [7, 11) is 1.53. The van der Waals surface area contributed by atoms with Crippen molar-refractivity contribution in [3.05, 3.63) is 70.8 Å². The third-order valence-electron chi connectivity index (χ3n) is 5.09. The standard InChI is InChI=1S/C23H23NO6/c1-14-5-7-16(8-6-14)21(27)19-20(15-9-11-17(30-2)12-10-15)24(23(29)22(19)28)13-3-4-18(25)26/h5-12,20,27H,3-4,13H2,1-2H3,(H,25,26)/t20-/m0/s1. The molecule has 1 amide bonds. The van der Waals surface area contributed by atoms with Crippen molar-refractivity contribution in [2.45, 2.75) is 25.8 Å². The van der Waals surface area contributed by atoms with Crippen LogP contribution in [-0.2, 0) is 14.4 Å². The summed E-state index contributed by atoms with van der Waals surface area (Å²) in [6, 6.07) is 13.0. The van der Waals surface area contributed by atoms with Crippen molar-refractivity contribution < 1.29 is 29.3 Å². The minimum atomic E-state index is -0.979. The topological polar surface area (TPSA) is 104 Å². The van der Waals surface area contributed by atoms with Crippen molar-refractivity contribution in [3.63, 3.8) is 0 Å². The summed E-state index contributed by atoms with van der Waals surface area (Å²) in [5, 5.41) is 19.8. The molecule has 1 fully saturated rings. The summed E-state index contributed by atoms with van der Waals surface area (Å²) >= 11 is 0. The second-order valence-corrected chi connectivity index (χ2v) is 7.13. The molecule has 2 N–H and O–H groups in total. The monoisotopic (exact) mass is 409 g/mol. The number of hydrogen-bond acceptors (Lipinski definition) is 5. The van der Waals surface area contributed by atoms with Crippen molar-refractivity contribution >= 4 is 23.4 Å². The number of carboxylic acid groups (broad SMARTS) is 1. The van der Waals surface area contributed by atoms with Gasteiger partial charge in [-0.15, -0.1) is 0 Å². The Balaban J connectivity index is 2.08. The molecule has 7 nitrogen and oxygen atoms in total. The summed E-state index contributed by atoms with van der Waals surface area (Å²) in [6.45, 7) is 1.99. The Labute approximate surface area is 174 Å². The molecule has 0 aromatic heterocycles. The van der Waals surface area contributed by atoms with E-state index in [2.05, 4.69) is 0 Å². The maximum atomic E-state index is 12.9. The van der Waals surface area contributed by atoms with Gasteiger partial charge in [0.25, 0.3) is 11.7 Å². The van der Waals surface area contributed by atoms with Gasteiger partial charge in [0.15, 0.2) is 0 Å². The van der Waals surface area contributed by atoms with E-state index in [1.807, 2.05) is 6.92 Å². The summed E-state index contributed by atoms with van der Waals surface area (Å²) in [5.74, 6) is -2.17. The number of amides is 1. The molecule has 3 rings (SSSR count). The molecular weight excluding hydrogens is 386 g/mol. The van der Waals surface area contributed by atoms with Crippen LogP contribution in [0.2, 0.25) is 0 Å². The van der Waals surface area contributed by atoms with E-state index in [0.717, 1.165) is 5.56 Å². The number of aliphatic hydroxyl groups is 1. The van der Waals surface area contributed by atoms with Crippen molar-refractivity contribution in [2.75, 3.05) is 13.7 Å². The number of benzene rings is 2. The number of aryl methyl sites for hydroxylation is 1. The van der Waals surface area contributed by atoms with Crippen LogP contribution in [0.25, 0.3) is 5.76 Å². The third-order valence-corrected chi connectivity index (χ3v) is 5.09. The highest BCUT2D eigenvalue weighted by Crippen LogP contribution is 2.40. The fourth-order valence-electron chi connectivity index (χ4n) is 3.51. The molecule has 2 aromatic rings. The Morgan fingerprint density at radius 2 is 1.67 bits per heavy atom. The van der Waals surface area contributed by atoms with Crippen LogP contribution in [0.3, 0.4) is 0 Å². The highest BCUT2D eigenvalue weighted by Gasteiger charge is 2.45. The van der Waals surface area contributed by atoms with Crippen molar-refractivity contribution in [3.8, 4) is 5.75 Å². The summed E-state index contributed by atoms with van der Waals surface area (Å²) in [6.07, 6.45) is 0.0654. The predicted molar refractivity (Wildman–Crippen MR) is 110 cm³/mol. The number of hydrogen-bond donors (Lipinski definition) is 2. The maximum Gasteiger partial charge on any atom is 0.303 e. The number of aliphatic hydroxyl groups excluding tert-OH is 1. The van der Waals surface area contributed by atoms with Crippen LogP contribution >= 0.6 is 0 Å². The van der Waals surface area contributed by atoms with E-state index in [-0.39, 0.29) is 30.7 Å². The number of carbonyl (C=O) groups is 3. The summed E-state index contributed by atoms with van der Waals surface area (Å²) < 4.78 is 5.17. The zero-order chi connectivity index (χ0) is 21.8. The lowest BCUT2D eigenvalue weighted by Gasteiger charge is -2.25. The second-order valence-electron chi connectivity index (χ2n) is 7.13. The SMILES string of the molecule is COc1ccc([C@H]2C(=C(O)c3ccc(C)cc3)C(=O)C(=O)N2CCCC(=O)O)cc1. The Morgan fingerprint density at radius 3 is 2.23 bits per heavy atom. The molecule has 1 atom stereocenters. The number of Topliss-reactive ketones (excluding diaryl/α,β-unsaturated/α-hetero) is 1. The first-order valence-corrected chi connectivity index (χ1v) is 9.54. The average molecular weight is 409 g/mol. The lowest BCUT2D eigenvalue weighted by molar-refractivity contribution is -0.140. The molecule has 1 aliphatic rings. The van der Waals surface area contributed by atoms with Gasteiger partial charge in [-0.1, -0.05) is 42.0 Å². The first kappa shape index (κ1) is 21.1. The normalized spacial score (nSPS) is 17.9. The number of ketones is 1. The number of likely N-dealkylation sites (tertiary alicyclic amines) is 1. The van der Waals surface area contributed by atoms with Crippen molar-refractivity contribution in [2.24, 2.45) is 0 Å². The zero-order valence-electron chi connectivity index (χ0n) is 16.8. The largest absolute Gasteiger partial charge is 0.507 e. The Hall–Kier alpha value is -3.61. The molecule has 7 heteroatoms. The molecule has 1 aliphatic heterocycles. The fourth-order valence-corrected chi connectivity index (χ4v) is 3.51. The molecule has 0 aliphatic carbocycles. The number of methoxy groups -OCH3 is 1. The van der Waals surface area contributed by atoms with Crippen molar-refractivity contribution in [1.82, 2.24) is 4.90 Å². The van der Waals surface area contributed by atoms with E-state index >= 15 is 0 Å². The molecule has 0 radical (unpaired) electrons. The molecule has 156 valence electrons. The summed E-state index contributed by atoms with van der Waals surface area (Å²) in [5.41, 5.74) is 2.04. The first-order chi connectivity index (χ1) is 14.3. The Bertz CT molecular complexity index is 991. The molecular formula is C23H23NO6. The molecule has 1 heterocycles. The Morgan fingerprint density at radius 1 is 1.03 bits per heavy atom. The highest BCUT2D eigenvalue weighted by molar-refractivity contribution is 6.46. The quantitative estimate of drug-likeness (QED) is 0.413. The summed E-state index contributed by atoms with van der Waals surface area (Å²) in [4.78, 5) is 37.8. The van der Waals surface area contributed by atoms with Crippen LogP contribution in [-0.4, -0.2) is 46.4 Å². The predicted octanol–water partition coefficient (Wildman–Crippen LogP) is 3.29. The lowest BCUT2D eigenvalue weighted by atomic mass is 9.95. The molecule has 0 unspecified atom stereocenters. The lowest BCUT2D eigenvalue weighted by Crippen LogP contribution is -2.31. The molecule has 0 spiro atoms. The van der Waals surface area contributed by atoms with E-state index in [1.165, 1.54) is 12.0 Å².